The Morgan fingerprint density at radius 3 is 2.52 bits per heavy atom. The zero-order chi connectivity index (χ0) is 16.9. The summed E-state index contributed by atoms with van der Waals surface area (Å²) in [5, 5.41) is 1.71. The van der Waals surface area contributed by atoms with Crippen LogP contribution >= 0.6 is 11.3 Å². The second kappa shape index (κ2) is 7.43. The first-order chi connectivity index (χ1) is 11.0. The highest BCUT2D eigenvalue weighted by Gasteiger charge is 2.25. The van der Waals surface area contributed by atoms with Crippen molar-refractivity contribution in [3.05, 3.63) is 60.0 Å². The third-order valence-electron chi connectivity index (χ3n) is 3.00. The van der Waals surface area contributed by atoms with Crippen LogP contribution in [-0.2, 0) is 14.8 Å². The van der Waals surface area contributed by atoms with Gasteiger partial charge in [-0.2, -0.15) is 0 Å². The van der Waals surface area contributed by atoms with Gasteiger partial charge in [-0.1, -0.05) is 12.1 Å². The maximum Gasteiger partial charge on any atom is 0.338 e. The summed E-state index contributed by atoms with van der Waals surface area (Å²) in [6.45, 7) is 5.77. The Morgan fingerprint density at radius 1 is 1.30 bits per heavy atom. The molecule has 0 spiro atoms. The molecule has 0 N–H and O–H groups in total. The quantitative estimate of drug-likeness (QED) is 0.567. The van der Waals surface area contributed by atoms with Gasteiger partial charge in [-0.05, 0) is 42.6 Å². The van der Waals surface area contributed by atoms with Crippen LogP contribution in [0.3, 0.4) is 0 Å². The van der Waals surface area contributed by atoms with Gasteiger partial charge in [0, 0.05) is 0 Å². The van der Waals surface area contributed by atoms with Gasteiger partial charge in [0.1, 0.15) is 4.21 Å². The lowest BCUT2D eigenvalue weighted by molar-refractivity contribution is 0.0526. The summed E-state index contributed by atoms with van der Waals surface area (Å²) in [7, 11) is -3.65. The van der Waals surface area contributed by atoms with Gasteiger partial charge in [0.25, 0.3) is 10.0 Å². The number of rotatable bonds is 7. The van der Waals surface area contributed by atoms with Gasteiger partial charge < -0.3 is 4.74 Å². The maximum atomic E-state index is 12.7. The Hall–Kier alpha value is -2.12. The van der Waals surface area contributed by atoms with Gasteiger partial charge in [-0.25, -0.2) is 13.2 Å². The third kappa shape index (κ3) is 3.80. The van der Waals surface area contributed by atoms with E-state index in [4.69, 9.17) is 4.74 Å². The molecule has 1 aromatic heterocycles. The molecule has 1 heterocycles. The predicted molar refractivity (Wildman–Crippen MR) is 91.4 cm³/mol. The first-order valence-electron chi connectivity index (χ1n) is 6.95. The average Bonchev–Trinajstić information content (AvgIpc) is 3.08. The van der Waals surface area contributed by atoms with E-state index < -0.39 is 16.0 Å². The SMILES string of the molecule is C=CCN(c1ccc(C(=O)OCC)cc1)S(=O)(=O)c1cccs1. The molecule has 0 fully saturated rings. The van der Waals surface area contributed by atoms with E-state index >= 15 is 0 Å². The van der Waals surface area contributed by atoms with Crippen molar-refractivity contribution >= 4 is 33.0 Å². The lowest BCUT2D eigenvalue weighted by Crippen LogP contribution is -2.30. The molecule has 0 aliphatic carbocycles. The molecule has 23 heavy (non-hydrogen) atoms. The molecule has 0 unspecified atom stereocenters. The van der Waals surface area contributed by atoms with Gasteiger partial charge in [-0.15, -0.1) is 17.9 Å². The largest absolute Gasteiger partial charge is 0.462 e. The molecule has 5 nitrogen and oxygen atoms in total. The van der Waals surface area contributed by atoms with Crippen LogP contribution in [0.5, 0.6) is 0 Å². The summed E-state index contributed by atoms with van der Waals surface area (Å²) >= 11 is 1.16. The van der Waals surface area contributed by atoms with Gasteiger partial charge in [-0.3, -0.25) is 4.31 Å². The zero-order valence-corrected chi connectivity index (χ0v) is 14.3. The highest BCUT2D eigenvalue weighted by Crippen LogP contribution is 2.26. The van der Waals surface area contributed by atoms with Crippen LogP contribution in [0, 0.1) is 0 Å². The van der Waals surface area contributed by atoms with Crippen molar-refractivity contribution in [2.24, 2.45) is 0 Å². The van der Waals surface area contributed by atoms with Crippen molar-refractivity contribution < 1.29 is 17.9 Å². The van der Waals surface area contributed by atoms with Crippen molar-refractivity contribution in [3.8, 4) is 0 Å². The van der Waals surface area contributed by atoms with E-state index in [1.165, 1.54) is 10.4 Å². The number of sulfonamides is 1. The summed E-state index contributed by atoms with van der Waals surface area (Å²) in [6, 6.07) is 9.51. The van der Waals surface area contributed by atoms with Gasteiger partial charge in [0.15, 0.2) is 0 Å². The molecule has 0 saturated carbocycles. The van der Waals surface area contributed by atoms with E-state index in [-0.39, 0.29) is 17.4 Å². The van der Waals surface area contributed by atoms with E-state index in [1.54, 1.807) is 48.7 Å². The lowest BCUT2D eigenvalue weighted by Gasteiger charge is -2.22. The summed E-state index contributed by atoms with van der Waals surface area (Å²) in [5.74, 6) is -0.435. The topological polar surface area (TPSA) is 63.7 Å². The molecule has 0 amide bonds. The highest BCUT2D eigenvalue weighted by atomic mass is 32.2. The van der Waals surface area contributed by atoms with E-state index in [1.807, 2.05) is 0 Å². The zero-order valence-electron chi connectivity index (χ0n) is 12.6. The molecule has 0 atom stereocenters. The van der Waals surface area contributed by atoms with E-state index in [9.17, 15) is 13.2 Å². The van der Waals surface area contributed by atoms with Crippen molar-refractivity contribution in [1.82, 2.24) is 0 Å². The van der Waals surface area contributed by atoms with Gasteiger partial charge in [0.2, 0.25) is 0 Å². The third-order valence-corrected chi connectivity index (χ3v) is 6.17. The lowest BCUT2D eigenvalue weighted by atomic mass is 10.2. The minimum Gasteiger partial charge on any atom is -0.462 e. The fraction of sp³-hybridized carbons (Fsp3) is 0.188. The molecule has 0 aliphatic rings. The molecule has 7 heteroatoms. The molecule has 1 aromatic carbocycles. The number of carbonyl (C=O) groups excluding carboxylic acids is 1. The van der Waals surface area contributed by atoms with E-state index in [0.29, 0.717) is 11.3 Å². The van der Waals surface area contributed by atoms with E-state index in [2.05, 4.69) is 6.58 Å². The standard InChI is InChI=1S/C16H17NO4S2/c1-3-11-17(23(19,20)15-6-5-12-22-15)14-9-7-13(8-10-14)16(18)21-4-2/h3,5-10,12H,1,4,11H2,2H3. The monoisotopic (exact) mass is 351 g/mol. The fourth-order valence-corrected chi connectivity index (χ4v) is 4.50. The minimum absolute atomic E-state index is 0.138. The van der Waals surface area contributed by atoms with Crippen molar-refractivity contribution in [2.75, 3.05) is 17.5 Å². The predicted octanol–water partition coefficient (Wildman–Crippen LogP) is 3.31. The van der Waals surface area contributed by atoms with Crippen LogP contribution in [0.4, 0.5) is 5.69 Å². The Morgan fingerprint density at radius 2 is 2.00 bits per heavy atom. The number of esters is 1. The Labute approximate surface area is 139 Å². The average molecular weight is 351 g/mol. The number of carbonyl (C=O) groups is 1. The number of thiophene rings is 1. The molecule has 0 bridgehead atoms. The van der Waals surface area contributed by atoms with Gasteiger partial charge >= 0.3 is 5.97 Å². The Kier molecular flexibility index (Phi) is 5.57. The second-order valence-corrected chi connectivity index (χ2v) is 7.56. The molecule has 122 valence electrons. The number of nitrogens with zero attached hydrogens (tertiary/aromatic N) is 1. The first-order valence-corrected chi connectivity index (χ1v) is 9.27. The number of hydrogen-bond acceptors (Lipinski definition) is 5. The van der Waals surface area contributed by atoms with Crippen molar-refractivity contribution in [1.29, 1.82) is 0 Å². The van der Waals surface area contributed by atoms with E-state index in [0.717, 1.165) is 11.3 Å². The van der Waals surface area contributed by atoms with Crippen LogP contribution < -0.4 is 4.31 Å². The highest BCUT2D eigenvalue weighted by molar-refractivity contribution is 7.94. The summed E-state index contributed by atoms with van der Waals surface area (Å²) in [6.07, 6.45) is 1.52. The summed E-state index contributed by atoms with van der Waals surface area (Å²) in [4.78, 5) is 11.7. The van der Waals surface area contributed by atoms with Crippen molar-refractivity contribution in [2.45, 2.75) is 11.1 Å². The Balaban J connectivity index is 2.35. The van der Waals surface area contributed by atoms with Crippen LogP contribution in [0.2, 0.25) is 0 Å². The molecule has 2 aromatic rings. The minimum atomic E-state index is -3.65. The summed E-state index contributed by atoms with van der Waals surface area (Å²) < 4.78 is 31.8. The van der Waals surface area contributed by atoms with Crippen LogP contribution in [0.15, 0.2) is 58.6 Å². The maximum absolute atomic E-state index is 12.7. The smallest absolute Gasteiger partial charge is 0.338 e. The normalized spacial score (nSPS) is 11.0. The Bertz CT molecular complexity index is 765. The van der Waals surface area contributed by atoms with Gasteiger partial charge in [0.05, 0.1) is 24.4 Å². The molecular weight excluding hydrogens is 334 g/mol. The molecule has 0 radical (unpaired) electrons. The first kappa shape index (κ1) is 17.2. The number of hydrogen-bond donors (Lipinski definition) is 0. The molecule has 0 saturated heterocycles. The molecular formula is C16H17NO4S2. The summed E-state index contributed by atoms with van der Waals surface area (Å²) in [5.41, 5.74) is 0.842. The number of benzene rings is 1. The molecule has 2 rings (SSSR count). The van der Waals surface area contributed by atoms with Crippen LogP contribution in [0.1, 0.15) is 17.3 Å². The molecule has 0 aliphatic heterocycles. The van der Waals surface area contributed by atoms with Crippen LogP contribution in [-0.4, -0.2) is 27.5 Å². The van der Waals surface area contributed by atoms with Crippen LogP contribution in [0.25, 0.3) is 0 Å². The fourth-order valence-electron chi connectivity index (χ4n) is 1.96. The second-order valence-electron chi connectivity index (χ2n) is 4.52. The number of anilines is 1. The number of ether oxygens (including phenoxy) is 1. The van der Waals surface area contributed by atoms with Crippen molar-refractivity contribution in [3.63, 3.8) is 0 Å².